The molecule has 1 aliphatic rings. The third-order valence-corrected chi connectivity index (χ3v) is 7.84. The summed E-state index contributed by atoms with van der Waals surface area (Å²) in [6.07, 6.45) is 8.64. The number of unbranched alkanes of at least 4 members (excludes halogenated alkanes) is 5. The average Bonchev–Trinajstić information content (AvgIpc) is 3.34. The Labute approximate surface area is 257 Å². The zero-order chi connectivity index (χ0) is 30.7. The van der Waals surface area contributed by atoms with E-state index in [1.165, 1.54) is 6.07 Å². The fraction of sp³-hybridized carbons (Fsp3) is 0.343. The van der Waals surface area contributed by atoms with Gasteiger partial charge in [-0.25, -0.2) is 14.2 Å². The SMILES string of the molecule is Cc1ccc(-c2c[n+]3c(c(Cc4ccccc4)n2)NC(Cc2ccc(OCCCCCCCCN=[N+]=[N-])c(F)c2)C3=O)cc1. The Bertz CT molecular complexity index is 1620. The normalized spacial score (nSPS) is 13.7. The highest BCUT2D eigenvalue weighted by molar-refractivity contribution is 5.82. The molecule has 5 rings (SSSR count). The monoisotopic (exact) mass is 593 g/mol. The van der Waals surface area contributed by atoms with Crippen molar-refractivity contribution in [1.29, 1.82) is 0 Å². The van der Waals surface area contributed by atoms with Crippen LogP contribution >= 0.6 is 0 Å². The van der Waals surface area contributed by atoms with Crippen LogP contribution in [0.25, 0.3) is 21.7 Å². The van der Waals surface area contributed by atoms with Gasteiger partial charge in [0.1, 0.15) is 17.6 Å². The quantitative estimate of drug-likeness (QED) is 0.0500. The molecule has 0 fully saturated rings. The maximum Gasteiger partial charge on any atom is 0.359 e. The van der Waals surface area contributed by atoms with Crippen LogP contribution in [0.3, 0.4) is 0 Å². The number of carbonyl (C=O) groups is 1. The van der Waals surface area contributed by atoms with Gasteiger partial charge in [0.2, 0.25) is 0 Å². The van der Waals surface area contributed by atoms with Gasteiger partial charge in [-0.3, -0.25) is 5.32 Å². The number of benzene rings is 3. The fourth-order valence-corrected chi connectivity index (χ4v) is 5.43. The number of halogens is 1. The number of azide groups is 1. The molecule has 1 N–H and O–H groups in total. The van der Waals surface area contributed by atoms with Crippen LogP contribution < -0.4 is 14.6 Å². The van der Waals surface area contributed by atoms with Crippen LogP contribution in [0.15, 0.2) is 84.1 Å². The second kappa shape index (κ2) is 15.1. The molecule has 0 aliphatic carbocycles. The van der Waals surface area contributed by atoms with E-state index in [-0.39, 0.29) is 11.7 Å². The van der Waals surface area contributed by atoms with Gasteiger partial charge in [0.05, 0.1) is 6.61 Å². The van der Waals surface area contributed by atoms with E-state index >= 15 is 0 Å². The van der Waals surface area contributed by atoms with Crippen molar-refractivity contribution in [2.45, 2.75) is 64.3 Å². The molecular formula is C35H38FN6O2+. The molecule has 44 heavy (non-hydrogen) atoms. The molecule has 0 radical (unpaired) electrons. The van der Waals surface area contributed by atoms with Crippen LogP contribution in [0.5, 0.6) is 5.75 Å². The zero-order valence-corrected chi connectivity index (χ0v) is 25.1. The molecule has 4 aromatic rings. The van der Waals surface area contributed by atoms with Crippen LogP contribution in [0.4, 0.5) is 10.2 Å². The van der Waals surface area contributed by atoms with E-state index in [1.54, 1.807) is 16.8 Å². The number of anilines is 1. The summed E-state index contributed by atoms with van der Waals surface area (Å²) in [7, 11) is 0. The maximum atomic E-state index is 15.0. The summed E-state index contributed by atoms with van der Waals surface area (Å²) in [5, 5.41) is 6.94. The lowest BCUT2D eigenvalue weighted by atomic mass is 10.1. The molecule has 3 aromatic carbocycles. The molecule has 1 atom stereocenters. The minimum absolute atomic E-state index is 0.0939. The molecule has 1 unspecified atom stereocenters. The number of rotatable bonds is 15. The second-order valence-corrected chi connectivity index (χ2v) is 11.2. The molecule has 0 spiro atoms. The largest absolute Gasteiger partial charge is 0.491 e. The Morgan fingerprint density at radius 1 is 0.977 bits per heavy atom. The molecule has 1 aromatic heterocycles. The van der Waals surface area contributed by atoms with Gasteiger partial charge in [0.25, 0.3) is 0 Å². The number of hydrogen-bond donors (Lipinski definition) is 1. The number of hydrogen-bond acceptors (Lipinski definition) is 5. The van der Waals surface area contributed by atoms with E-state index < -0.39 is 11.9 Å². The van der Waals surface area contributed by atoms with Crippen molar-refractivity contribution in [1.82, 2.24) is 4.98 Å². The third-order valence-electron chi connectivity index (χ3n) is 7.84. The summed E-state index contributed by atoms with van der Waals surface area (Å²) in [6.45, 7) is 3.04. The summed E-state index contributed by atoms with van der Waals surface area (Å²) >= 11 is 0. The topological polar surface area (TPSA) is 104 Å². The van der Waals surface area contributed by atoms with Crippen LogP contribution in [-0.4, -0.2) is 30.1 Å². The van der Waals surface area contributed by atoms with Gasteiger partial charge in [-0.05, 0) is 48.6 Å². The Balaban J connectivity index is 1.22. The van der Waals surface area contributed by atoms with Gasteiger partial charge in [-0.2, -0.15) is 4.57 Å². The number of ether oxygens (including phenoxy) is 1. The zero-order valence-electron chi connectivity index (χ0n) is 25.1. The molecule has 0 amide bonds. The minimum atomic E-state index is -0.544. The highest BCUT2D eigenvalue weighted by atomic mass is 19.1. The van der Waals surface area contributed by atoms with Gasteiger partial charge in [0.15, 0.2) is 17.6 Å². The van der Waals surface area contributed by atoms with Gasteiger partial charge < -0.3 is 4.74 Å². The Morgan fingerprint density at radius 3 is 2.48 bits per heavy atom. The van der Waals surface area contributed by atoms with Gasteiger partial charge in [0, 0.05) is 29.9 Å². The number of aromatic nitrogens is 2. The lowest BCUT2D eigenvalue weighted by Crippen LogP contribution is -2.44. The Morgan fingerprint density at radius 2 is 1.73 bits per heavy atom. The van der Waals surface area contributed by atoms with Crippen molar-refractivity contribution in [3.8, 4) is 17.0 Å². The van der Waals surface area contributed by atoms with Gasteiger partial charge in [-0.1, -0.05) is 97.0 Å². The molecule has 0 saturated heterocycles. The van der Waals surface area contributed by atoms with E-state index in [2.05, 4.69) is 27.5 Å². The highest BCUT2D eigenvalue weighted by Gasteiger charge is 2.41. The summed E-state index contributed by atoms with van der Waals surface area (Å²) < 4.78 is 22.3. The van der Waals surface area contributed by atoms with E-state index in [4.69, 9.17) is 15.3 Å². The lowest BCUT2D eigenvalue weighted by Gasteiger charge is -2.10. The molecule has 0 bridgehead atoms. The van der Waals surface area contributed by atoms with Crippen LogP contribution in [0.2, 0.25) is 0 Å². The minimum Gasteiger partial charge on any atom is -0.491 e. The highest BCUT2D eigenvalue weighted by Crippen LogP contribution is 2.26. The predicted octanol–water partition coefficient (Wildman–Crippen LogP) is 7.78. The number of aryl methyl sites for hydroxylation is 1. The summed E-state index contributed by atoms with van der Waals surface area (Å²) in [5.41, 5.74) is 13.7. The van der Waals surface area contributed by atoms with Crippen molar-refractivity contribution in [2.24, 2.45) is 5.11 Å². The molecule has 2 heterocycles. The number of nitrogens with zero attached hydrogens (tertiary/aromatic N) is 5. The Kier molecular flexibility index (Phi) is 10.5. The first-order valence-corrected chi connectivity index (χ1v) is 15.3. The third kappa shape index (κ3) is 7.99. The van der Waals surface area contributed by atoms with E-state index in [0.29, 0.717) is 37.4 Å². The van der Waals surface area contributed by atoms with Crippen LogP contribution in [0.1, 0.15) is 65.7 Å². The fourth-order valence-electron chi connectivity index (χ4n) is 5.43. The Hall–Kier alpha value is -4.75. The first-order chi connectivity index (χ1) is 21.5. The summed E-state index contributed by atoms with van der Waals surface area (Å²) in [6, 6.07) is 22.6. The van der Waals surface area contributed by atoms with Crippen molar-refractivity contribution >= 4 is 11.7 Å². The molecule has 0 saturated carbocycles. The summed E-state index contributed by atoms with van der Waals surface area (Å²) in [4.78, 5) is 21.4. The average molecular weight is 594 g/mol. The van der Waals surface area contributed by atoms with Crippen LogP contribution in [-0.2, 0) is 12.8 Å². The molecule has 1 aliphatic heterocycles. The predicted molar refractivity (Wildman–Crippen MR) is 169 cm³/mol. The molecule has 9 heteroatoms. The van der Waals surface area contributed by atoms with Crippen molar-refractivity contribution in [3.63, 3.8) is 0 Å². The van der Waals surface area contributed by atoms with E-state index in [1.807, 2.05) is 55.5 Å². The molecule has 8 nitrogen and oxygen atoms in total. The maximum absolute atomic E-state index is 15.0. The lowest BCUT2D eigenvalue weighted by molar-refractivity contribution is -0.552. The van der Waals surface area contributed by atoms with Gasteiger partial charge in [-0.15, -0.1) is 0 Å². The van der Waals surface area contributed by atoms with E-state index in [9.17, 15) is 9.18 Å². The second-order valence-electron chi connectivity index (χ2n) is 11.2. The molecule has 226 valence electrons. The first-order valence-electron chi connectivity index (χ1n) is 15.3. The number of carbonyl (C=O) groups excluding carboxylic acids is 1. The molecular weight excluding hydrogens is 555 g/mol. The van der Waals surface area contributed by atoms with E-state index in [0.717, 1.165) is 66.6 Å². The number of fused-ring (bicyclic) bond motifs is 1. The van der Waals surface area contributed by atoms with Crippen molar-refractivity contribution in [3.05, 3.63) is 118 Å². The van der Waals surface area contributed by atoms with Crippen LogP contribution in [0, 0.1) is 12.7 Å². The smallest absolute Gasteiger partial charge is 0.359 e. The van der Waals surface area contributed by atoms with Crippen molar-refractivity contribution in [2.75, 3.05) is 18.5 Å². The number of nitrogens with one attached hydrogen (secondary N) is 1. The first kappa shape index (κ1) is 30.7. The standard InChI is InChI=1S/C35H37FN6O2/c1-25-13-16-28(17-14-25)32-24-42-34(30(39-32)22-26-11-7-6-8-12-26)40-31(35(42)43)23-27-15-18-33(29(36)21-27)44-20-10-5-3-2-4-9-19-38-41-37/h6-8,11-18,21,24,31H,2-5,9-10,19-20,22-23H2,1H3/p+1. The van der Waals surface area contributed by atoms with Gasteiger partial charge >= 0.3 is 11.7 Å². The van der Waals surface area contributed by atoms with Crippen molar-refractivity contribution < 1.29 is 18.5 Å². The summed E-state index contributed by atoms with van der Waals surface area (Å²) in [5.74, 6) is 0.382.